The normalized spacial score (nSPS) is 28.5. The van der Waals surface area contributed by atoms with E-state index in [4.69, 9.17) is 11.6 Å². The maximum absolute atomic E-state index is 6.31. The highest BCUT2D eigenvalue weighted by Gasteiger charge is 2.35. The quantitative estimate of drug-likeness (QED) is 0.788. The van der Waals surface area contributed by atoms with Gasteiger partial charge in [-0.15, -0.1) is 0 Å². The summed E-state index contributed by atoms with van der Waals surface area (Å²) in [5, 5.41) is 0.741. The number of rotatable bonds is 1. The summed E-state index contributed by atoms with van der Waals surface area (Å²) in [6, 6.07) is 3.32. The Bertz CT molecular complexity index is 454. The Kier molecular flexibility index (Phi) is 3.52. The molecule has 0 N–H and O–H groups in total. The molecule has 5 heteroatoms. The van der Waals surface area contributed by atoms with E-state index < -0.39 is 0 Å². The summed E-state index contributed by atoms with van der Waals surface area (Å²) in [4.78, 5) is 9.36. The molecule has 18 heavy (non-hydrogen) atoms. The topological polar surface area (TPSA) is 19.4 Å². The zero-order valence-corrected chi connectivity index (χ0v) is 12.8. The van der Waals surface area contributed by atoms with E-state index >= 15 is 0 Å². The van der Waals surface area contributed by atoms with Crippen LogP contribution in [0.2, 0.25) is 5.02 Å². The molecule has 3 rings (SSSR count). The summed E-state index contributed by atoms with van der Waals surface area (Å²) >= 11 is 9.71. The first kappa shape index (κ1) is 12.7. The van der Waals surface area contributed by atoms with Crippen LogP contribution in [0.1, 0.15) is 19.3 Å². The molecule has 0 radical (unpaired) electrons. The molecule has 2 atom stereocenters. The van der Waals surface area contributed by atoms with Crippen LogP contribution in [-0.2, 0) is 0 Å². The molecule has 2 aliphatic rings. The van der Waals surface area contributed by atoms with E-state index in [0.717, 1.165) is 34.4 Å². The molecule has 0 amide bonds. The minimum absolute atomic E-state index is 0.652. The molecular formula is C13H17BrClN3. The zero-order valence-electron chi connectivity index (χ0n) is 10.4. The third-order valence-electron chi connectivity index (χ3n) is 4.24. The van der Waals surface area contributed by atoms with Crippen LogP contribution in [-0.4, -0.2) is 42.1 Å². The maximum Gasteiger partial charge on any atom is 0.147 e. The molecule has 3 heterocycles. The van der Waals surface area contributed by atoms with Gasteiger partial charge in [0.25, 0.3) is 0 Å². The predicted molar refractivity (Wildman–Crippen MR) is 78.4 cm³/mol. The number of anilines is 1. The van der Waals surface area contributed by atoms with Gasteiger partial charge in [-0.1, -0.05) is 11.6 Å². The monoisotopic (exact) mass is 329 g/mol. The molecule has 2 bridgehead atoms. The number of fused-ring (bicyclic) bond motifs is 2. The highest BCUT2D eigenvalue weighted by Crippen LogP contribution is 2.33. The molecule has 1 aromatic heterocycles. The summed E-state index contributed by atoms with van der Waals surface area (Å²) in [5.41, 5.74) is 0. The first-order valence-electron chi connectivity index (χ1n) is 6.43. The number of pyridine rings is 1. The number of hydrogen-bond donors (Lipinski definition) is 0. The third kappa shape index (κ3) is 2.26. The van der Waals surface area contributed by atoms with Gasteiger partial charge >= 0.3 is 0 Å². The highest BCUT2D eigenvalue weighted by molar-refractivity contribution is 9.10. The van der Waals surface area contributed by atoms with Crippen molar-refractivity contribution in [1.82, 2.24) is 9.88 Å². The Morgan fingerprint density at radius 2 is 2.11 bits per heavy atom. The van der Waals surface area contributed by atoms with Gasteiger partial charge in [0.1, 0.15) is 5.82 Å². The Morgan fingerprint density at radius 3 is 2.89 bits per heavy atom. The van der Waals surface area contributed by atoms with Gasteiger partial charge in [-0.25, -0.2) is 4.98 Å². The largest absolute Gasteiger partial charge is 0.354 e. The van der Waals surface area contributed by atoms with Crippen LogP contribution in [0.5, 0.6) is 0 Å². The minimum atomic E-state index is 0.652. The van der Waals surface area contributed by atoms with Crippen LogP contribution >= 0.6 is 27.5 Å². The molecular weight excluding hydrogens is 314 g/mol. The second kappa shape index (κ2) is 4.99. The second-order valence-corrected chi connectivity index (χ2v) is 6.57. The van der Waals surface area contributed by atoms with Gasteiger partial charge in [-0.2, -0.15) is 0 Å². The van der Waals surface area contributed by atoms with Crippen LogP contribution < -0.4 is 4.90 Å². The van der Waals surface area contributed by atoms with Gasteiger partial charge < -0.3 is 4.90 Å². The molecule has 2 unspecified atom stereocenters. The number of halogens is 2. The van der Waals surface area contributed by atoms with E-state index in [2.05, 4.69) is 37.8 Å². The molecule has 2 aliphatic heterocycles. The molecule has 98 valence electrons. The average Bonchev–Trinajstić information content (AvgIpc) is 2.55. The molecule has 0 aromatic carbocycles. The summed E-state index contributed by atoms with van der Waals surface area (Å²) in [7, 11) is 2.25. The smallest absolute Gasteiger partial charge is 0.147 e. The SMILES string of the molecule is CN1C2CCC1CN(c1ncc(Br)cc1Cl)CC2. The fraction of sp³-hybridized carbons (Fsp3) is 0.615. The second-order valence-electron chi connectivity index (χ2n) is 5.24. The van der Waals surface area contributed by atoms with Crippen molar-refractivity contribution in [2.24, 2.45) is 0 Å². The van der Waals surface area contributed by atoms with Crippen LogP contribution in [0.4, 0.5) is 5.82 Å². The van der Waals surface area contributed by atoms with E-state index in [1.54, 1.807) is 0 Å². The Labute approximate surface area is 121 Å². The molecule has 3 nitrogen and oxygen atoms in total. The van der Waals surface area contributed by atoms with Crippen molar-refractivity contribution in [2.45, 2.75) is 31.3 Å². The van der Waals surface area contributed by atoms with Gasteiger partial charge in [0.2, 0.25) is 0 Å². The molecule has 1 aromatic rings. The van der Waals surface area contributed by atoms with E-state index in [1.165, 1.54) is 19.3 Å². The number of nitrogens with zero attached hydrogens (tertiary/aromatic N) is 3. The van der Waals surface area contributed by atoms with Crippen molar-refractivity contribution in [3.63, 3.8) is 0 Å². The molecule has 0 spiro atoms. The Hall–Kier alpha value is -0.320. The first-order valence-corrected chi connectivity index (χ1v) is 7.60. The lowest BCUT2D eigenvalue weighted by Crippen LogP contribution is -2.37. The number of hydrogen-bond acceptors (Lipinski definition) is 3. The van der Waals surface area contributed by atoms with Gasteiger partial charge in [-0.3, -0.25) is 4.90 Å². The standard InChI is InChI=1S/C13H17BrClN3/c1-17-10-2-3-11(17)8-18(5-4-10)13-12(15)6-9(14)7-16-13/h6-7,10-11H,2-5,8H2,1H3. The maximum atomic E-state index is 6.31. The van der Waals surface area contributed by atoms with E-state index in [-0.39, 0.29) is 0 Å². The Balaban J connectivity index is 1.84. The lowest BCUT2D eigenvalue weighted by atomic mass is 10.1. The van der Waals surface area contributed by atoms with Crippen LogP contribution in [0.15, 0.2) is 16.7 Å². The van der Waals surface area contributed by atoms with Gasteiger partial charge in [0.05, 0.1) is 5.02 Å². The van der Waals surface area contributed by atoms with Crippen molar-refractivity contribution in [3.05, 3.63) is 21.8 Å². The molecule has 2 saturated heterocycles. The van der Waals surface area contributed by atoms with Crippen LogP contribution in [0, 0.1) is 0 Å². The zero-order chi connectivity index (χ0) is 12.7. The summed E-state index contributed by atoms with van der Waals surface area (Å²) in [5.74, 6) is 0.931. The fourth-order valence-corrected chi connectivity index (χ4v) is 3.89. The summed E-state index contributed by atoms with van der Waals surface area (Å²) < 4.78 is 0.935. The predicted octanol–water partition coefficient (Wildman–Crippen LogP) is 3.17. The van der Waals surface area contributed by atoms with Crippen molar-refractivity contribution in [3.8, 4) is 0 Å². The van der Waals surface area contributed by atoms with Gasteiger partial charge in [-0.05, 0) is 48.3 Å². The van der Waals surface area contributed by atoms with E-state index in [9.17, 15) is 0 Å². The van der Waals surface area contributed by atoms with Gasteiger partial charge in [0, 0.05) is 35.8 Å². The molecule has 2 fully saturated rings. The van der Waals surface area contributed by atoms with Crippen molar-refractivity contribution in [2.75, 3.05) is 25.0 Å². The van der Waals surface area contributed by atoms with Crippen molar-refractivity contribution < 1.29 is 0 Å². The van der Waals surface area contributed by atoms with Crippen molar-refractivity contribution in [1.29, 1.82) is 0 Å². The number of aromatic nitrogens is 1. The van der Waals surface area contributed by atoms with Crippen molar-refractivity contribution >= 4 is 33.3 Å². The lowest BCUT2D eigenvalue weighted by molar-refractivity contribution is 0.254. The minimum Gasteiger partial charge on any atom is -0.354 e. The van der Waals surface area contributed by atoms with Crippen LogP contribution in [0.25, 0.3) is 0 Å². The van der Waals surface area contributed by atoms with Gasteiger partial charge in [0.15, 0.2) is 0 Å². The van der Waals surface area contributed by atoms with E-state index in [0.29, 0.717) is 6.04 Å². The number of likely N-dealkylation sites (N-methyl/N-ethyl adjacent to an activating group) is 1. The average molecular weight is 331 g/mol. The summed E-state index contributed by atoms with van der Waals surface area (Å²) in [6.45, 7) is 2.10. The lowest BCUT2D eigenvalue weighted by Gasteiger charge is -2.27. The first-order chi connectivity index (χ1) is 8.65. The molecule has 0 saturated carbocycles. The highest BCUT2D eigenvalue weighted by atomic mass is 79.9. The molecule has 0 aliphatic carbocycles. The fourth-order valence-electron chi connectivity index (χ4n) is 3.14. The third-order valence-corrected chi connectivity index (χ3v) is 4.95. The van der Waals surface area contributed by atoms with Crippen LogP contribution in [0.3, 0.4) is 0 Å². The summed E-state index contributed by atoms with van der Waals surface area (Å²) in [6.07, 6.45) is 5.68. The van der Waals surface area contributed by atoms with E-state index in [1.807, 2.05) is 12.3 Å². The Morgan fingerprint density at radius 1 is 1.33 bits per heavy atom.